The minimum absolute atomic E-state index is 0.0206. The molecule has 0 fully saturated rings. The average molecular weight is 1000 g/mol. The third-order valence-corrected chi connectivity index (χ3v) is 15.3. The Morgan fingerprint density at radius 3 is 0.958 bits per heavy atom. The molecular formula is C65H127NO5. The first kappa shape index (κ1) is 69.6. The molecule has 2 unspecified atom stereocenters. The molecule has 0 saturated heterocycles. The largest absolute Gasteiger partial charge is 0.466 e. The van der Waals surface area contributed by atoms with E-state index in [-0.39, 0.29) is 18.5 Å². The Hall–Kier alpha value is -1.40. The second kappa shape index (κ2) is 61.1. The van der Waals surface area contributed by atoms with Gasteiger partial charge in [-0.25, -0.2) is 0 Å². The molecule has 0 aromatic carbocycles. The minimum Gasteiger partial charge on any atom is -0.466 e. The molecule has 6 heteroatoms. The summed E-state index contributed by atoms with van der Waals surface area (Å²) in [5, 5.41) is 23.1. The second-order valence-corrected chi connectivity index (χ2v) is 22.5. The van der Waals surface area contributed by atoms with Gasteiger partial charge in [-0.3, -0.25) is 9.59 Å². The van der Waals surface area contributed by atoms with Crippen LogP contribution >= 0.6 is 0 Å². The molecule has 0 bridgehead atoms. The topological polar surface area (TPSA) is 95.9 Å². The van der Waals surface area contributed by atoms with E-state index in [2.05, 4.69) is 19.2 Å². The van der Waals surface area contributed by atoms with Crippen molar-refractivity contribution in [2.45, 2.75) is 379 Å². The smallest absolute Gasteiger partial charge is 0.305 e. The fourth-order valence-corrected chi connectivity index (χ4v) is 10.3. The van der Waals surface area contributed by atoms with Crippen LogP contribution in [0.5, 0.6) is 0 Å². The Bertz CT molecular complexity index is 1060. The summed E-state index contributed by atoms with van der Waals surface area (Å²) < 4.78 is 5.49. The molecule has 0 heterocycles. The van der Waals surface area contributed by atoms with Crippen molar-refractivity contribution in [3.05, 3.63) is 12.2 Å². The van der Waals surface area contributed by atoms with Gasteiger partial charge >= 0.3 is 5.97 Å². The number of esters is 1. The van der Waals surface area contributed by atoms with Gasteiger partial charge < -0.3 is 20.3 Å². The number of nitrogens with one attached hydrogen (secondary N) is 1. The molecule has 0 aliphatic heterocycles. The highest BCUT2D eigenvalue weighted by Crippen LogP contribution is 2.18. The summed E-state index contributed by atoms with van der Waals surface area (Å²) in [5.41, 5.74) is 0. The number of hydrogen-bond donors (Lipinski definition) is 3. The lowest BCUT2D eigenvalue weighted by molar-refractivity contribution is -0.143. The van der Waals surface area contributed by atoms with Crippen LogP contribution in [0.25, 0.3) is 0 Å². The van der Waals surface area contributed by atoms with Crippen LogP contribution in [0.1, 0.15) is 367 Å². The lowest BCUT2D eigenvalue weighted by Crippen LogP contribution is -2.45. The van der Waals surface area contributed by atoms with Crippen LogP contribution < -0.4 is 5.32 Å². The van der Waals surface area contributed by atoms with Gasteiger partial charge in [0, 0.05) is 12.8 Å². The van der Waals surface area contributed by atoms with E-state index < -0.39 is 12.1 Å². The van der Waals surface area contributed by atoms with Gasteiger partial charge in [-0.05, 0) is 32.1 Å². The highest BCUT2D eigenvalue weighted by atomic mass is 16.5. The number of unbranched alkanes of at least 4 members (excludes halogenated alkanes) is 50. The van der Waals surface area contributed by atoms with E-state index in [0.29, 0.717) is 19.4 Å². The Morgan fingerprint density at radius 1 is 0.380 bits per heavy atom. The van der Waals surface area contributed by atoms with Crippen molar-refractivity contribution in [2.24, 2.45) is 0 Å². The Labute approximate surface area is 444 Å². The highest BCUT2D eigenvalue weighted by Gasteiger charge is 2.18. The van der Waals surface area contributed by atoms with Gasteiger partial charge in [-0.2, -0.15) is 0 Å². The van der Waals surface area contributed by atoms with E-state index >= 15 is 0 Å². The highest BCUT2D eigenvalue weighted by molar-refractivity contribution is 5.76. The number of carbonyl (C=O) groups excluding carboxylic acids is 2. The normalized spacial score (nSPS) is 12.6. The standard InChI is InChI=1S/C65H127NO5/c1-3-5-7-9-11-13-15-33-37-41-45-49-53-57-63(68)62(61-67)66-64(69)58-54-50-46-42-38-35-31-29-27-25-23-21-19-17-18-20-22-24-26-28-30-32-36-40-44-48-52-56-60-71-65(70)59-55-51-47-43-39-34-16-14-12-10-8-6-4-2/h53,57,62-63,67-68H,3-52,54-56,58-61H2,1-2H3,(H,66,69)/b57-53+. The predicted octanol–water partition coefficient (Wildman–Crippen LogP) is 20.4. The Balaban J connectivity index is 3.34. The van der Waals surface area contributed by atoms with Gasteiger partial charge in [0.15, 0.2) is 0 Å². The van der Waals surface area contributed by atoms with Crippen LogP contribution in [0, 0.1) is 0 Å². The van der Waals surface area contributed by atoms with Crippen molar-refractivity contribution < 1.29 is 24.5 Å². The maximum atomic E-state index is 12.5. The van der Waals surface area contributed by atoms with Gasteiger partial charge in [0.1, 0.15) is 0 Å². The quantitative estimate of drug-likeness (QED) is 0.0320. The zero-order valence-corrected chi connectivity index (χ0v) is 48.2. The minimum atomic E-state index is -0.840. The summed E-state index contributed by atoms with van der Waals surface area (Å²) in [6.07, 6.45) is 74.2. The first-order valence-electron chi connectivity index (χ1n) is 32.5. The number of carbonyl (C=O) groups is 2. The lowest BCUT2D eigenvalue weighted by atomic mass is 10.0. The fourth-order valence-electron chi connectivity index (χ4n) is 10.3. The zero-order valence-electron chi connectivity index (χ0n) is 48.2. The molecule has 0 saturated carbocycles. The molecular weight excluding hydrogens is 875 g/mol. The van der Waals surface area contributed by atoms with E-state index in [0.717, 1.165) is 38.5 Å². The molecule has 71 heavy (non-hydrogen) atoms. The van der Waals surface area contributed by atoms with Gasteiger partial charge in [-0.15, -0.1) is 0 Å². The Morgan fingerprint density at radius 2 is 0.648 bits per heavy atom. The maximum Gasteiger partial charge on any atom is 0.305 e. The molecule has 6 nitrogen and oxygen atoms in total. The SMILES string of the molecule is CCCCCCCCCCCCC/C=C/C(O)C(CO)NC(=O)CCCCCCCCCCCCCCCCCCCCCCCCCCCCCCOC(=O)CCCCCCCCCCCCCCC. The van der Waals surface area contributed by atoms with Crippen molar-refractivity contribution in [1.29, 1.82) is 0 Å². The van der Waals surface area contributed by atoms with Crippen molar-refractivity contribution >= 4 is 11.9 Å². The molecule has 2 atom stereocenters. The molecule has 3 N–H and O–H groups in total. The maximum absolute atomic E-state index is 12.5. The number of ether oxygens (including phenoxy) is 1. The van der Waals surface area contributed by atoms with Crippen molar-refractivity contribution in [3.63, 3.8) is 0 Å². The van der Waals surface area contributed by atoms with E-state index in [1.54, 1.807) is 6.08 Å². The third kappa shape index (κ3) is 57.7. The van der Waals surface area contributed by atoms with Gasteiger partial charge in [0.25, 0.3) is 0 Å². The van der Waals surface area contributed by atoms with Gasteiger partial charge in [-0.1, -0.05) is 334 Å². The number of rotatable bonds is 61. The van der Waals surface area contributed by atoms with E-state index in [1.165, 1.54) is 302 Å². The van der Waals surface area contributed by atoms with Gasteiger partial charge in [0.05, 0.1) is 25.4 Å². The number of hydrogen-bond acceptors (Lipinski definition) is 5. The molecule has 0 aliphatic rings. The first-order chi connectivity index (χ1) is 35.0. The monoisotopic (exact) mass is 1000 g/mol. The molecule has 422 valence electrons. The summed E-state index contributed by atoms with van der Waals surface area (Å²) in [7, 11) is 0. The van der Waals surface area contributed by atoms with Crippen LogP contribution in [0.3, 0.4) is 0 Å². The zero-order chi connectivity index (χ0) is 51.4. The molecule has 0 aliphatic carbocycles. The van der Waals surface area contributed by atoms with E-state index in [4.69, 9.17) is 4.74 Å². The fraction of sp³-hybridized carbons (Fsp3) is 0.938. The number of amides is 1. The van der Waals surface area contributed by atoms with Crippen LogP contribution in [0.2, 0.25) is 0 Å². The average Bonchev–Trinajstić information content (AvgIpc) is 3.37. The summed E-state index contributed by atoms with van der Waals surface area (Å²) in [6, 6.07) is -0.624. The number of aliphatic hydroxyl groups excluding tert-OH is 2. The van der Waals surface area contributed by atoms with Gasteiger partial charge in [0.2, 0.25) is 5.91 Å². The van der Waals surface area contributed by atoms with Crippen LogP contribution in [0.4, 0.5) is 0 Å². The van der Waals surface area contributed by atoms with Crippen molar-refractivity contribution in [1.82, 2.24) is 5.32 Å². The summed E-state index contributed by atoms with van der Waals surface area (Å²) in [4.78, 5) is 24.5. The van der Waals surface area contributed by atoms with Crippen LogP contribution in [-0.2, 0) is 14.3 Å². The first-order valence-corrected chi connectivity index (χ1v) is 32.5. The van der Waals surface area contributed by atoms with Crippen LogP contribution in [-0.4, -0.2) is 47.4 Å². The summed E-state index contributed by atoms with van der Waals surface area (Å²) in [6.45, 7) is 4.93. The van der Waals surface area contributed by atoms with E-state index in [1.807, 2.05) is 6.08 Å². The second-order valence-electron chi connectivity index (χ2n) is 22.5. The molecule has 0 aromatic rings. The van der Waals surface area contributed by atoms with Crippen LogP contribution in [0.15, 0.2) is 12.2 Å². The summed E-state index contributed by atoms with van der Waals surface area (Å²) >= 11 is 0. The molecule has 0 aromatic heterocycles. The molecule has 1 amide bonds. The number of allylic oxidation sites excluding steroid dienone is 1. The predicted molar refractivity (Wildman–Crippen MR) is 310 cm³/mol. The summed E-state index contributed by atoms with van der Waals surface area (Å²) in [5.74, 6) is -0.0426. The molecule has 0 rings (SSSR count). The molecule has 0 radical (unpaired) electrons. The Kier molecular flexibility index (Phi) is 59.9. The van der Waals surface area contributed by atoms with E-state index in [9.17, 15) is 19.8 Å². The third-order valence-electron chi connectivity index (χ3n) is 15.3. The van der Waals surface area contributed by atoms with Crippen molar-refractivity contribution in [2.75, 3.05) is 13.2 Å². The number of aliphatic hydroxyl groups is 2. The molecule has 0 spiro atoms. The van der Waals surface area contributed by atoms with Crippen molar-refractivity contribution in [3.8, 4) is 0 Å². The lowest BCUT2D eigenvalue weighted by Gasteiger charge is -2.20.